The summed E-state index contributed by atoms with van der Waals surface area (Å²) in [5.74, 6) is 0.551. The summed E-state index contributed by atoms with van der Waals surface area (Å²) in [5.41, 5.74) is 5.36. The molecule has 2 N–H and O–H groups in total. The fourth-order valence-electron chi connectivity index (χ4n) is 3.06. The Kier molecular flexibility index (Phi) is 5.44. The molecule has 5 nitrogen and oxygen atoms in total. The van der Waals surface area contributed by atoms with Gasteiger partial charge < -0.3 is 5.32 Å². The molecule has 144 valence electrons. The second-order valence-corrected chi connectivity index (χ2v) is 7.71. The van der Waals surface area contributed by atoms with Gasteiger partial charge >= 0.3 is 0 Å². The molecular weight excluding hydrogens is 382 g/mol. The van der Waals surface area contributed by atoms with Crippen LogP contribution in [-0.4, -0.2) is 16.1 Å². The lowest BCUT2D eigenvalue weighted by Gasteiger charge is -2.10. The summed E-state index contributed by atoms with van der Waals surface area (Å²) >= 11 is 0.925. The van der Waals surface area contributed by atoms with Crippen molar-refractivity contribution in [1.82, 2.24) is 10.3 Å². The Labute approximate surface area is 173 Å². The van der Waals surface area contributed by atoms with Crippen molar-refractivity contribution >= 4 is 34.8 Å². The molecule has 0 radical (unpaired) electrons. The van der Waals surface area contributed by atoms with Crippen LogP contribution in [0.3, 0.4) is 0 Å². The fraction of sp³-hybridized carbons (Fsp3) is 0.0870. The van der Waals surface area contributed by atoms with E-state index in [0.29, 0.717) is 11.4 Å². The monoisotopic (exact) mass is 401 g/mol. The van der Waals surface area contributed by atoms with Crippen LogP contribution in [0.4, 0.5) is 10.6 Å². The van der Waals surface area contributed by atoms with E-state index in [4.69, 9.17) is 0 Å². The van der Waals surface area contributed by atoms with Gasteiger partial charge in [-0.3, -0.25) is 14.9 Å². The van der Waals surface area contributed by atoms with Crippen LogP contribution in [0.5, 0.6) is 0 Å². The molecule has 3 aromatic rings. The highest BCUT2D eigenvalue weighted by molar-refractivity contribution is 8.18. The van der Waals surface area contributed by atoms with Crippen LogP contribution in [-0.2, 0) is 11.3 Å². The van der Waals surface area contributed by atoms with Crippen LogP contribution in [0.15, 0.2) is 71.8 Å². The van der Waals surface area contributed by atoms with Crippen LogP contribution in [0.25, 0.3) is 17.2 Å². The van der Waals surface area contributed by atoms with Crippen LogP contribution < -0.4 is 10.6 Å². The highest BCUT2D eigenvalue weighted by atomic mass is 32.2. The summed E-state index contributed by atoms with van der Waals surface area (Å²) in [7, 11) is 0. The number of hydrogen-bond acceptors (Lipinski definition) is 5. The average Bonchev–Trinajstić information content (AvgIpc) is 3.05. The minimum absolute atomic E-state index is 0.329. The Bertz CT molecular complexity index is 1110. The molecule has 0 atom stereocenters. The number of nitrogens with zero attached hydrogens (tertiary/aromatic N) is 1. The number of rotatable bonds is 5. The summed E-state index contributed by atoms with van der Waals surface area (Å²) in [6.07, 6.45) is 3.51. The molecule has 4 rings (SSSR count). The van der Waals surface area contributed by atoms with Crippen molar-refractivity contribution in [2.24, 2.45) is 0 Å². The van der Waals surface area contributed by atoms with Crippen LogP contribution >= 0.6 is 11.8 Å². The van der Waals surface area contributed by atoms with Crippen molar-refractivity contribution in [3.8, 4) is 11.1 Å². The maximum atomic E-state index is 11.7. The predicted molar refractivity (Wildman–Crippen MR) is 117 cm³/mol. The van der Waals surface area contributed by atoms with E-state index in [2.05, 4.69) is 33.8 Å². The Balaban J connectivity index is 1.48. The number of carbonyl (C=O) groups excluding carboxylic acids is 2. The van der Waals surface area contributed by atoms with Gasteiger partial charge in [-0.25, -0.2) is 4.98 Å². The van der Waals surface area contributed by atoms with E-state index >= 15 is 0 Å². The first-order chi connectivity index (χ1) is 14.1. The zero-order chi connectivity index (χ0) is 20.2. The number of imide groups is 1. The molecule has 29 heavy (non-hydrogen) atoms. The van der Waals surface area contributed by atoms with E-state index in [0.717, 1.165) is 45.4 Å². The molecule has 6 heteroatoms. The van der Waals surface area contributed by atoms with Crippen LogP contribution in [0.1, 0.15) is 16.7 Å². The second kappa shape index (κ2) is 8.32. The fourth-order valence-corrected chi connectivity index (χ4v) is 3.74. The van der Waals surface area contributed by atoms with Crippen LogP contribution in [0.2, 0.25) is 0 Å². The number of pyridine rings is 1. The zero-order valence-electron chi connectivity index (χ0n) is 15.8. The average molecular weight is 401 g/mol. The van der Waals surface area contributed by atoms with E-state index in [-0.39, 0.29) is 11.1 Å². The van der Waals surface area contributed by atoms with Gasteiger partial charge in [0.15, 0.2) is 0 Å². The van der Waals surface area contributed by atoms with Gasteiger partial charge in [0, 0.05) is 12.7 Å². The Morgan fingerprint density at radius 1 is 1.03 bits per heavy atom. The lowest BCUT2D eigenvalue weighted by Crippen LogP contribution is -2.17. The molecule has 1 aromatic heterocycles. The number of benzene rings is 2. The van der Waals surface area contributed by atoms with Gasteiger partial charge in [0.25, 0.3) is 11.1 Å². The van der Waals surface area contributed by atoms with E-state index < -0.39 is 0 Å². The molecule has 0 saturated carbocycles. The molecule has 1 saturated heterocycles. The second-order valence-electron chi connectivity index (χ2n) is 6.70. The SMILES string of the molecule is Cc1cccnc1NCc1cccc(-c2ccc(C=C3SC(=O)NC3=O)cc2)c1. The minimum Gasteiger partial charge on any atom is -0.366 e. The molecule has 2 heterocycles. The van der Waals surface area contributed by atoms with E-state index in [1.165, 1.54) is 0 Å². The first-order valence-electron chi connectivity index (χ1n) is 9.18. The standard InChI is InChI=1S/C23H19N3O2S/c1-15-4-3-11-24-21(15)25-14-17-5-2-6-19(12-17)18-9-7-16(8-10-18)13-20-22(27)26-23(28)29-20/h2-13H,14H2,1H3,(H,24,25)(H,26,27,28). The largest absolute Gasteiger partial charge is 0.366 e. The first-order valence-corrected chi connectivity index (χ1v) is 10.00. The van der Waals surface area contributed by atoms with Crippen molar-refractivity contribution in [2.45, 2.75) is 13.5 Å². The molecule has 0 unspecified atom stereocenters. The lowest BCUT2D eigenvalue weighted by molar-refractivity contribution is -0.115. The third-order valence-electron chi connectivity index (χ3n) is 4.58. The van der Waals surface area contributed by atoms with Crippen molar-refractivity contribution in [2.75, 3.05) is 5.32 Å². The van der Waals surface area contributed by atoms with Crippen molar-refractivity contribution < 1.29 is 9.59 Å². The van der Waals surface area contributed by atoms with E-state index in [1.807, 2.05) is 49.4 Å². The van der Waals surface area contributed by atoms with Crippen molar-refractivity contribution in [3.63, 3.8) is 0 Å². The summed E-state index contributed by atoms with van der Waals surface area (Å²) in [6, 6.07) is 20.2. The third kappa shape index (κ3) is 4.55. The number of hydrogen-bond donors (Lipinski definition) is 2. The van der Waals surface area contributed by atoms with Crippen molar-refractivity contribution in [1.29, 1.82) is 0 Å². The number of thioether (sulfide) groups is 1. The van der Waals surface area contributed by atoms with Gasteiger partial charge in [-0.1, -0.05) is 48.5 Å². The molecular formula is C23H19N3O2S. The van der Waals surface area contributed by atoms with E-state index in [1.54, 1.807) is 12.3 Å². The topological polar surface area (TPSA) is 71.1 Å². The van der Waals surface area contributed by atoms with Crippen molar-refractivity contribution in [3.05, 3.63) is 88.5 Å². The van der Waals surface area contributed by atoms with Crippen LogP contribution in [0, 0.1) is 6.92 Å². The highest BCUT2D eigenvalue weighted by Crippen LogP contribution is 2.27. The molecule has 2 aromatic carbocycles. The van der Waals surface area contributed by atoms with Gasteiger partial charge in [0.05, 0.1) is 4.91 Å². The normalized spacial score (nSPS) is 14.9. The minimum atomic E-state index is -0.340. The number of amides is 2. The Morgan fingerprint density at radius 2 is 1.86 bits per heavy atom. The maximum Gasteiger partial charge on any atom is 0.290 e. The maximum absolute atomic E-state index is 11.7. The zero-order valence-corrected chi connectivity index (χ0v) is 16.6. The van der Waals surface area contributed by atoms with Gasteiger partial charge in [-0.05, 0) is 64.7 Å². The highest BCUT2D eigenvalue weighted by Gasteiger charge is 2.24. The summed E-state index contributed by atoms with van der Waals surface area (Å²) in [6.45, 7) is 2.72. The molecule has 2 amide bonds. The number of aromatic nitrogens is 1. The van der Waals surface area contributed by atoms with Gasteiger partial charge in [0.2, 0.25) is 0 Å². The summed E-state index contributed by atoms with van der Waals surface area (Å²) in [5, 5.41) is 5.31. The Morgan fingerprint density at radius 3 is 2.59 bits per heavy atom. The number of carbonyl (C=O) groups is 2. The first kappa shape index (κ1) is 19.0. The smallest absolute Gasteiger partial charge is 0.290 e. The van der Waals surface area contributed by atoms with Gasteiger partial charge in [-0.2, -0.15) is 0 Å². The van der Waals surface area contributed by atoms with Gasteiger partial charge in [0.1, 0.15) is 5.82 Å². The number of nitrogens with one attached hydrogen (secondary N) is 2. The summed E-state index contributed by atoms with van der Waals surface area (Å²) in [4.78, 5) is 27.7. The Hall–Kier alpha value is -3.38. The molecule has 0 spiro atoms. The molecule has 0 bridgehead atoms. The molecule has 1 aliphatic heterocycles. The molecule has 1 aliphatic rings. The number of anilines is 1. The predicted octanol–water partition coefficient (Wildman–Crippen LogP) is 4.99. The number of aryl methyl sites for hydroxylation is 1. The molecule has 0 aliphatic carbocycles. The van der Waals surface area contributed by atoms with Gasteiger partial charge in [-0.15, -0.1) is 0 Å². The quantitative estimate of drug-likeness (QED) is 0.589. The summed E-state index contributed by atoms with van der Waals surface area (Å²) < 4.78 is 0. The van der Waals surface area contributed by atoms with E-state index in [9.17, 15) is 9.59 Å². The third-order valence-corrected chi connectivity index (χ3v) is 5.39. The lowest BCUT2D eigenvalue weighted by atomic mass is 10.0. The molecule has 1 fully saturated rings.